The molecule has 28 heavy (non-hydrogen) atoms. The highest BCUT2D eigenvalue weighted by Gasteiger charge is 2.25. The molecule has 0 radical (unpaired) electrons. The van der Waals surface area contributed by atoms with Crippen LogP contribution in [-0.2, 0) is 6.54 Å². The van der Waals surface area contributed by atoms with Crippen molar-refractivity contribution in [1.29, 1.82) is 0 Å². The van der Waals surface area contributed by atoms with Crippen LogP contribution in [-0.4, -0.2) is 43.7 Å². The first kappa shape index (κ1) is 19.9. The lowest BCUT2D eigenvalue weighted by atomic mass is 10.2. The molecule has 6 nitrogen and oxygen atoms in total. The summed E-state index contributed by atoms with van der Waals surface area (Å²) in [6.45, 7) is 4.37. The highest BCUT2D eigenvalue weighted by Crippen LogP contribution is 2.24. The summed E-state index contributed by atoms with van der Waals surface area (Å²) in [6, 6.07) is 7.61. The van der Waals surface area contributed by atoms with Crippen LogP contribution in [0.3, 0.4) is 0 Å². The highest BCUT2D eigenvalue weighted by atomic mass is 19.1. The number of ether oxygens (including phenoxy) is 1. The second kappa shape index (κ2) is 9.34. The zero-order valence-corrected chi connectivity index (χ0v) is 16.1. The Balaban J connectivity index is 1.53. The van der Waals surface area contributed by atoms with E-state index in [4.69, 9.17) is 4.74 Å². The molecule has 1 unspecified atom stereocenters. The predicted molar refractivity (Wildman–Crippen MR) is 106 cm³/mol. The third-order valence-electron chi connectivity index (χ3n) is 4.55. The van der Waals surface area contributed by atoms with Crippen molar-refractivity contribution in [3.05, 3.63) is 53.7 Å². The zero-order valence-electron chi connectivity index (χ0n) is 16.1. The average molecular weight is 389 g/mol. The number of pyridine rings is 1. The van der Waals surface area contributed by atoms with Gasteiger partial charge in [-0.2, -0.15) is 0 Å². The van der Waals surface area contributed by atoms with E-state index in [0.29, 0.717) is 43.8 Å². The molecular formula is C20H25F2N5O. The molecule has 0 saturated carbocycles. The lowest BCUT2D eigenvalue weighted by molar-refractivity contribution is 0.326. The van der Waals surface area contributed by atoms with Gasteiger partial charge in [-0.1, -0.05) is 0 Å². The van der Waals surface area contributed by atoms with Crippen molar-refractivity contribution in [2.24, 2.45) is 4.99 Å². The van der Waals surface area contributed by atoms with Gasteiger partial charge in [0.1, 0.15) is 11.6 Å². The number of aliphatic imine (C=N–C) groups is 1. The first-order valence-electron chi connectivity index (χ1n) is 9.34. The first-order chi connectivity index (χ1) is 13.6. The molecule has 1 aromatic heterocycles. The number of guanidine groups is 1. The largest absolute Gasteiger partial charge is 0.478 e. The summed E-state index contributed by atoms with van der Waals surface area (Å²) in [5.74, 6) is 0.160. The predicted octanol–water partition coefficient (Wildman–Crippen LogP) is 2.70. The van der Waals surface area contributed by atoms with Gasteiger partial charge in [0, 0.05) is 51.1 Å². The van der Waals surface area contributed by atoms with Crippen molar-refractivity contribution in [2.75, 3.05) is 31.6 Å². The molecule has 3 rings (SSSR count). The van der Waals surface area contributed by atoms with Gasteiger partial charge in [0.2, 0.25) is 5.88 Å². The number of nitrogens with zero attached hydrogens (tertiary/aromatic N) is 3. The van der Waals surface area contributed by atoms with E-state index < -0.39 is 11.6 Å². The Labute approximate surface area is 163 Å². The van der Waals surface area contributed by atoms with E-state index in [2.05, 4.69) is 20.6 Å². The number of benzene rings is 1. The van der Waals surface area contributed by atoms with Crippen LogP contribution in [0, 0.1) is 11.6 Å². The van der Waals surface area contributed by atoms with E-state index in [9.17, 15) is 8.78 Å². The van der Waals surface area contributed by atoms with Crippen molar-refractivity contribution in [1.82, 2.24) is 15.6 Å². The van der Waals surface area contributed by atoms with Gasteiger partial charge in [0.25, 0.3) is 0 Å². The maximum atomic E-state index is 14.0. The number of nitrogens with one attached hydrogen (secondary N) is 2. The molecule has 0 amide bonds. The van der Waals surface area contributed by atoms with Gasteiger partial charge in [-0.15, -0.1) is 0 Å². The lowest BCUT2D eigenvalue weighted by Crippen LogP contribution is -2.44. The number of anilines is 1. The number of halogens is 2. The molecule has 1 aromatic carbocycles. The zero-order chi connectivity index (χ0) is 19.9. The molecule has 0 spiro atoms. The maximum absolute atomic E-state index is 14.0. The molecule has 2 aromatic rings. The molecule has 1 fully saturated rings. The molecule has 8 heteroatoms. The Morgan fingerprint density at radius 2 is 2.18 bits per heavy atom. The first-order valence-corrected chi connectivity index (χ1v) is 9.34. The normalized spacial score (nSPS) is 16.9. The third-order valence-corrected chi connectivity index (χ3v) is 4.55. The fourth-order valence-electron chi connectivity index (χ4n) is 3.20. The monoisotopic (exact) mass is 389 g/mol. The van der Waals surface area contributed by atoms with Crippen molar-refractivity contribution < 1.29 is 13.5 Å². The summed E-state index contributed by atoms with van der Waals surface area (Å²) < 4.78 is 32.5. The summed E-state index contributed by atoms with van der Waals surface area (Å²) in [4.78, 5) is 10.3. The maximum Gasteiger partial charge on any atom is 0.213 e. The average Bonchev–Trinajstić information content (AvgIpc) is 3.14. The van der Waals surface area contributed by atoms with Crippen LogP contribution in [0.2, 0.25) is 0 Å². The molecule has 2 heterocycles. The second-order valence-electron chi connectivity index (χ2n) is 6.53. The Kier molecular flexibility index (Phi) is 6.62. The summed E-state index contributed by atoms with van der Waals surface area (Å²) in [7, 11) is 1.71. The quantitative estimate of drug-likeness (QED) is 0.588. The minimum absolute atomic E-state index is 0.118. The van der Waals surface area contributed by atoms with Crippen LogP contribution >= 0.6 is 0 Å². The minimum Gasteiger partial charge on any atom is -0.478 e. The van der Waals surface area contributed by atoms with E-state index >= 15 is 0 Å². The van der Waals surface area contributed by atoms with Gasteiger partial charge >= 0.3 is 0 Å². The molecule has 1 saturated heterocycles. The number of hydrogen-bond donors (Lipinski definition) is 2. The molecule has 1 aliphatic rings. The van der Waals surface area contributed by atoms with Gasteiger partial charge in [-0.25, -0.2) is 13.8 Å². The Morgan fingerprint density at radius 1 is 1.32 bits per heavy atom. The lowest BCUT2D eigenvalue weighted by Gasteiger charge is -2.21. The molecule has 2 N–H and O–H groups in total. The molecule has 1 atom stereocenters. The van der Waals surface area contributed by atoms with E-state index in [-0.39, 0.29) is 6.04 Å². The van der Waals surface area contributed by atoms with Crippen molar-refractivity contribution >= 4 is 11.6 Å². The van der Waals surface area contributed by atoms with Crippen molar-refractivity contribution in [3.63, 3.8) is 0 Å². The summed E-state index contributed by atoms with van der Waals surface area (Å²) in [6.07, 6.45) is 2.55. The van der Waals surface area contributed by atoms with Crippen LogP contribution in [0.1, 0.15) is 18.9 Å². The second-order valence-corrected chi connectivity index (χ2v) is 6.53. The van der Waals surface area contributed by atoms with Crippen LogP contribution in [0.25, 0.3) is 0 Å². The molecular weight excluding hydrogens is 364 g/mol. The Morgan fingerprint density at radius 3 is 2.93 bits per heavy atom. The fraction of sp³-hybridized carbons (Fsp3) is 0.400. The van der Waals surface area contributed by atoms with Gasteiger partial charge in [0.15, 0.2) is 5.96 Å². The molecule has 0 bridgehead atoms. The smallest absolute Gasteiger partial charge is 0.213 e. The third kappa shape index (κ3) is 5.09. The standard InChI is InChI=1S/C20H25F2N5O/c1-3-28-19-10-14(6-8-24-19)12-25-20(23-2)26-16-7-9-27(13-16)18-5-4-15(21)11-17(18)22/h4-6,8,10-11,16H,3,7,9,12-13H2,1-2H3,(H2,23,25,26). The molecule has 1 aliphatic heterocycles. The Bertz CT molecular complexity index is 830. The van der Waals surface area contributed by atoms with Crippen molar-refractivity contribution in [2.45, 2.75) is 25.9 Å². The van der Waals surface area contributed by atoms with Gasteiger partial charge < -0.3 is 20.3 Å². The van der Waals surface area contributed by atoms with Gasteiger partial charge in [0.05, 0.1) is 12.3 Å². The van der Waals surface area contributed by atoms with Crippen molar-refractivity contribution in [3.8, 4) is 5.88 Å². The number of rotatable bonds is 6. The summed E-state index contributed by atoms with van der Waals surface area (Å²) in [5.41, 5.74) is 1.46. The Hall–Kier alpha value is -2.90. The van der Waals surface area contributed by atoms with Crippen LogP contribution in [0.15, 0.2) is 41.5 Å². The number of hydrogen-bond acceptors (Lipinski definition) is 4. The summed E-state index contributed by atoms with van der Waals surface area (Å²) >= 11 is 0. The van der Waals surface area contributed by atoms with Gasteiger partial charge in [-0.05, 0) is 37.1 Å². The SMILES string of the molecule is CCOc1cc(CNC(=NC)NC2CCN(c3ccc(F)cc3F)C2)ccn1. The van der Waals surface area contributed by atoms with E-state index in [0.717, 1.165) is 18.1 Å². The fourth-order valence-corrected chi connectivity index (χ4v) is 3.20. The van der Waals surface area contributed by atoms with E-state index in [1.807, 2.05) is 24.0 Å². The topological polar surface area (TPSA) is 61.8 Å². The highest BCUT2D eigenvalue weighted by molar-refractivity contribution is 5.80. The number of aromatic nitrogens is 1. The van der Waals surface area contributed by atoms with Gasteiger partial charge in [-0.3, -0.25) is 4.99 Å². The van der Waals surface area contributed by atoms with E-state index in [1.54, 1.807) is 13.2 Å². The van der Waals surface area contributed by atoms with Crippen LogP contribution in [0.5, 0.6) is 5.88 Å². The van der Waals surface area contributed by atoms with Crippen LogP contribution < -0.4 is 20.3 Å². The van der Waals surface area contributed by atoms with E-state index in [1.165, 1.54) is 12.1 Å². The minimum atomic E-state index is -0.566. The molecule has 0 aliphatic carbocycles. The van der Waals surface area contributed by atoms with Crippen LogP contribution in [0.4, 0.5) is 14.5 Å². The summed E-state index contributed by atoms with van der Waals surface area (Å²) in [5, 5.41) is 6.63. The molecule has 150 valence electrons.